The second kappa shape index (κ2) is 6.93. The lowest BCUT2D eigenvalue weighted by Gasteiger charge is -2.33. The first kappa shape index (κ1) is 15.8. The Bertz CT molecular complexity index is 369. The third-order valence-electron chi connectivity index (χ3n) is 5.20. The fourth-order valence-corrected chi connectivity index (χ4v) is 3.95. The molecule has 0 aromatic rings. The molecule has 1 nitrogen and oxygen atoms in total. The number of rotatable bonds is 4. The third kappa shape index (κ3) is 4.22. The summed E-state index contributed by atoms with van der Waals surface area (Å²) in [5, 5.41) is 3.79. The smallest absolute Gasteiger partial charge is 0.0227 e. The second-order valence-corrected chi connectivity index (χ2v) is 7.58. The second-order valence-electron chi connectivity index (χ2n) is 7.58. The first-order chi connectivity index (χ1) is 9.49. The van der Waals surface area contributed by atoms with Crippen molar-refractivity contribution in [2.24, 2.45) is 5.41 Å². The summed E-state index contributed by atoms with van der Waals surface area (Å²) in [4.78, 5) is 0. The van der Waals surface area contributed by atoms with Crippen molar-refractivity contribution in [2.75, 3.05) is 0 Å². The summed E-state index contributed by atoms with van der Waals surface area (Å²) < 4.78 is 0. The molecule has 20 heavy (non-hydrogen) atoms. The van der Waals surface area contributed by atoms with Crippen molar-refractivity contribution in [3.63, 3.8) is 0 Å². The molecule has 2 rings (SSSR count). The van der Waals surface area contributed by atoms with Crippen LogP contribution in [0.15, 0.2) is 23.3 Å². The van der Waals surface area contributed by atoms with Gasteiger partial charge in [0.1, 0.15) is 0 Å². The lowest BCUT2D eigenvalue weighted by atomic mass is 9.72. The molecule has 0 aromatic carbocycles. The average molecular weight is 275 g/mol. The Hall–Kier alpha value is -0.560. The van der Waals surface area contributed by atoms with Crippen molar-refractivity contribution in [2.45, 2.75) is 91.1 Å². The van der Waals surface area contributed by atoms with Gasteiger partial charge in [-0.05, 0) is 56.9 Å². The van der Waals surface area contributed by atoms with Gasteiger partial charge < -0.3 is 5.32 Å². The van der Waals surface area contributed by atoms with E-state index in [-0.39, 0.29) is 0 Å². The quantitative estimate of drug-likeness (QED) is 0.726. The van der Waals surface area contributed by atoms with Crippen LogP contribution in [-0.4, -0.2) is 12.1 Å². The van der Waals surface area contributed by atoms with Crippen LogP contribution in [-0.2, 0) is 0 Å². The fraction of sp³-hybridized carbons (Fsp3) is 0.789. The van der Waals surface area contributed by atoms with E-state index < -0.39 is 0 Å². The van der Waals surface area contributed by atoms with Crippen molar-refractivity contribution < 1.29 is 0 Å². The van der Waals surface area contributed by atoms with Crippen LogP contribution >= 0.6 is 0 Å². The van der Waals surface area contributed by atoms with Crippen LogP contribution in [0.3, 0.4) is 0 Å². The Morgan fingerprint density at radius 3 is 2.50 bits per heavy atom. The van der Waals surface area contributed by atoms with Crippen molar-refractivity contribution in [1.29, 1.82) is 0 Å². The molecule has 0 aromatic heterocycles. The first-order valence-corrected chi connectivity index (χ1v) is 8.63. The minimum absolute atomic E-state index is 0.364. The average Bonchev–Trinajstić information content (AvgIpc) is 2.38. The normalized spacial score (nSPS) is 26.2. The highest BCUT2D eigenvalue weighted by Crippen LogP contribution is 2.40. The van der Waals surface area contributed by atoms with Gasteiger partial charge >= 0.3 is 0 Å². The zero-order valence-electron chi connectivity index (χ0n) is 14.0. The summed E-state index contributed by atoms with van der Waals surface area (Å²) >= 11 is 0. The van der Waals surface area contributed by atoms with E-state index in [2.05, 4.69) is 45.2 Å². The number of allylic oxidation sites excluding steroid dienone is 3. The van der Waals surface area contributed by atoms with E-state index in [4.69, 9.17) is 0 Å². The minimum Gasteiger partial charge on any atom is -0.308 e. The van der Waals surface area contributed by atoms with Gasteiger partial charge in [0, 0.05) is 12.1 Å². The summed E-state index contributed by atoms with van der Waals surface area (Å²) in [5.74, 6) is 0. The molecule has 1 fully saturated rings. The van der Waals surface area contributed by atoms with Crippen LogP contribution < -0.4 is 5.32 Å². The summed E-state index contributed by atoms with van der Waals surface area (Å²) in [6, 6.07) is 1.24. The van der Waals surface area contributed by atoms with Crippen LogP contribution in [0.25, 0.3) is 0 Å². The third-order valence-corrected chi connectivity index (χ3v) is 5.20. The van der Waals surface area contributed by atoms with Crippen LogP contribution in [0.1, 0.15) is 79.1 Å². The van der Waals surface area contributed by atoms with Gasteiger partial charge in [-0.3, -0.25) is 0 Å². The Morgan fingerprint density at radius 1 is 1.15 bits per heavy atom. The molecule has 0 bridgehead atoms. The van der Waals surface area contributed by atoms with Crippen LogP contribution in [0, 0.1) is 5.41 Å². The maximum atomic E-state index is 3.79. The van der Waals surface area contributed by atoms with Crippen LogP contribution in [0.4, 0.5) is 0 Å². The van der Waals surface area contributed by atoms with E-state index in [1.54, 1.807) is 11.1 Å². The molecule has 0 heterocycles. The van der Waals surface area contributed by atoms with Gasteiger partial charge in [-0.25, -0.2) is 0 Å². The topological polar surface area (TPSA) is 12.0 Å². The molecule has 0 saturated heterocycles. The molecular formula is C19H33N. The standard InChI is InChI=1S/C19H33N/c1-15-9-8-14-19(3,4)18(15)13-12-16(2)20-17-10-6-5-7-11-17/h12-13,16-17,20H,5-11,14H2,1-4H3/b13-12+. The molecule has 1 unspecified atom stereocenters. The molecule has 0 amide bonds. The van der Waals surface area contributed by atoms with Crippen LogP contribution in [0.5, 0.6) is 0 Å². The van der Waals surface area contributed by atoms with E-state index in [1.165, 1.54) is 51.4 Å². The van der Waals surface area contributed by atoms with Gasteiger partial charge in [0.05, 0.1) is 0 Å². The van der Waals surface area contributed by atoms with E-state index in [0.717, 1.165) is 6.04 Å². The molecule has 2 aliphatic rings. The molecular weight excluding hydrogens is 242 g/mol. The maximum absolute atomic E-state index is 3.79. The number of hydrogen-bond acceptors (Lipinski definition) is 1. The molecule has 0 spiro atoms. The summed E-state index contributed by atoms with van der Waals surface area (Å²) in [7, 11) is 0. The summed E-state index contributed by atoms with van der Waals surface area (Å²) in [6.07, 6.45) is 15.7. The fourth-order valence-electron chi connectivity index (χ4n) is 3.95. The van der Waals surface area contributed by atoms with Crippen molar-refractivity contribution in [3.05, 3.63) is 23.3 Å². The van der Waals surface area contributed by atoms with E-state index in [9.17, 15) is 0 Å². The first-order valence-electron chi connectivity index (χ1n) is 8.63. The van der Waals surface area contributed by atoms with E-state index in [0.29, 0.717) is 11.5 Å². The predicted molar refractivity (Wildman–Crippen MR) is 88.9 cm³/mol. The molecule has 1 heteroatoms. The number of nitrogens with one attached hydrogen (secondary N) is 1. The highest BCUT2D eigenvalue weighted by atomic mass is 14.9. The Kier molecular flexibility index (Phi) is 5.49. The molecule has 114 valence electrons. The van der Waals surface area contributed by atoms with Crippen molar-refractivity contribution >= 4 is 0 Å². The van der Waals surface area contributed by atoms with Gasteiger partial charge in [-0.15, -0.1) is 0 Å². The maximum Gasteiger partial charge on any atom is 0.0227 e. The molecule has 2 aliphatic carbocycles. The van der Waals surface area contributed by atoms with Crippen molar-refractivity contribution in [3.8, 4) is 0 Å². The predicted octanol–water partition coefficient (Wildman–Crippen LogP) is 5.38. The molecule has 0 radical (unpaired) electrons. The Balaban J connectivity index is 1.93. The number of hydrogen-bond donors (Lipinski definition) is 1. The van der Waals surface area contributed by atoms with E-state index in [1.807, 2.05) is 0 Å². The summed E-state index contributed by atoms with van der Waals surface area (Å²) in [6.45, 7) is 9.42. The van der Waals surface area contributed by atoms with Gasteiger partial charge in [0.25, 0.3) is 0 Å². The van der Waals surface area contributed by atoms with Gasteiger partial charge in [0.2, 0.25) is 0 Å². The molecule has 1 saturated carbocycles. The largest absolute Gasteiger partial charge is 0.308 e. The summed E-state index contributed by atoms with van der Waals surface area (Å²) in [5.41, 5.74) is 3.55. The molecule has 1 atom stereocenters. The monoisotopic (exact) mass is 275 g/mol. The zero-order valence-corrected chi connectivity index (χ0v) is 14.0. The zero-order chi connectivity index (χ0) is 14.6. The van der Waals surface area contributed by atoms with Gasteiger partial charge in [-0.1, -0.05) is 50.8 Å². The lowest BCUT2D eigenvalue weighted by Crippen LogP contribution is -2.36. The molecule has 1 N–H and O–H groups in total. The SMILES string of the molecule is CC1=C(/C=C/C(C)NC2CCCCC2)C(C)(C)CCC1. The van der Waals surface area contributed by atoms with Crippen molar-refractivity contribution in [1.82, 2.24) is 5.32 Å². The van der Waals surface area contributed by atoms with Crippen LogP contribution in [0.2, 0.25) is 0 Å². The van der Waals surface area contributed by atoms with Gasteiger partial charge in [0.15, 0.2) is 0 Å². The Morgan fingerprint density at radius 2 is 1.85 bits per heavy atom. The van der Waals surface area contributed by atoms with E-state index >= 15 is 0 Å². The molecule has 0 aliphatic heterocycles. The van der Waals surface area contributed by atoms with Gasteiger partial charge in [-0.2, -0.15) is 0 Å². The minimum atomic E-state index is 0.364. The lowest BCUT2D eigenvalue weighted by molar-refractivity contribution is 0.360. The highest BCUT2D eigenvalue weighted by molar-refractivity contribution is 5.33. The Labute approximate surface area is 125 Å². The highest BCUT2D eigenvalue weighted by Gasteiger charge is 2.26.